The summed E-state index contributed by atoms with van der Waals surface area (Å²) in [6.45, 7) is 5.41. The van der Waals surface area contributed by atoms with Crippen molar-refractivity contribution >= 4 is 27.5 Å². The van der Waals surface area contributed by atoms with Crippen LogP contribution in [0.15, 0.2) is 60.7 Å². The second kappa shape index (κ2) is 8.08. The number of hydrogen-bond donors (Lipinski definition) is 1. The van der Waals surface area contributed by atoms with Crippen molar-refractivity contribution in [3.63, 3.8) is 0 Å². The first-order valence-corrected chi connectivity index (χ1v) is 10.4. The van der Waals surface area contributed by atoms with Crippen LogP contribution in [0.25, 0.3) is 32.7 Å². The molecule has 0 spiro atoms. The highest BCUT2D eigenvalue weighted by Crippen LogP contribution is 2.46. The molecular formula is C27H26O5. The quantitative estimate of drug-likeness (QED) is 0.303. The van der Waals surface area contributed by atoms with Gasteiger partial charge in [0, 0.05) is 11.1 Å². The van der Waals surface area contributed by atoms with E-state index >= 15 is 0 Å². The van der Waals surface area contributed by atoms with Gasteiger partial charge in [-0.05, 0) is 78.7 Å². The van der Waals surface area contributed by atoms with Gasteiger partial charge in [-0.15, -0.1) is 0 Å². The number of rotatable bonds is 4. The highest BCUT2D eigenvalue weighted by molar-refractivity contribution is 6.10. The standard InChI is InChI=1S/C27H26O5/c1-27(2,3)26(29)32-23-13-9-17-7-11-19(31-5)15-21(17)25(23)24-20-14-18(30-4)10-6-16(20)8-12-22(24)28/h6-15,28H,1-5H3. The summed E-state index contributed by atoms with van der Waals surface area (Å²) in [5.41, 5.74) is 0.497. The molecule has 0 aliphatic carbocycles. The number of ether oxygens (including phenoxy) is 3. The molecule has 0 heterocycles. The van der Waals surface area contributed by atoms with E-state index in [-0.39, 0.29) is 11.7 Å². The summed E-state index contributed by atoms with van der Waals surface area (Å²) in [4.78, 5) is 12.8. The van der Waals surface area contributed by atoms with Gasteiger partial charge in [-0.3, -0.25) is 4.79 Å². The van der Waals surface area contributed by atoms with Gasteiger partial charge < -0.3 is 19.3 Å². The molecule has 0 radical (unpaired) electrons. The van der Waals surface area contributed by atoms with Gasteiger partial charge in [0.1, 0.15) is 23.0 Å². The number of carbonyl (C=O) groups is 1. The molecule has 4 rings (SSSR count). The van der Waals surface area contributed by atoms with Crippen LogP contribution in [0.5, 0.6) is 23.0 Å². The number of fused-ring (bicyclic) bond motifs is 2. The first kappa shape index (κ1) is 21.5. The molecular weight excluding hydrogens is 404 g/mol. The Morgan fingerprint density at radius 3 is 1.78 bits per heavy atom. The lowest BCUT2D eigenvalue weighted by Gasteiger charge is -2.21. The normalized spacial score (nSPS) is 11.5. The molecule has 5 heteroatoms. The van der Waals surface area contributed by atoms with Crippen molar-refractivity contribution in [1.82, 2.24) is 0 Å². The Morgan fingerprint density at radius 2 is 1.25 bits per heavy atom. The number of esters is 1. The van der Waals surface area contributed by atoms with Crippen molar-refractivity contribution in [3.05, 3.63) is 60.7 Å². The third-order valence-electron chi connectivity index (χ3n) is 5.46. The maximum atomic E-state index is 12.8. The fraction of sp³-hybridized carbons (Fsp3) is 0.222. The van der Waals surface area contributed by atoms with E-state index in [2.05, 4.69) is 0 Å². The number of hydrogen-bond acceptors (Lipinski definition) is 5. The van der Waals surface area contributed by atoms with Crippen LogP contribution in [0.2, 0.25) is 0 Å². The third kappa shape index (κ3) is 3.82. The van der Waals surface area contributed by atoms with Gasteiger partial charge in [0.25, 0.3) is 0 Å². The molecule has 5 nitrogen and oxygen atoms in total. The van der Waals surface area contributed by atoms with Gasteiger partial charge in [0.05, 0.1) is 19.6 Å². The minimum atomic E-state index is -0.690. The Labute approximate surface area is 187 Å². The number of phenolic OH excluding ortho intramolecular Hbond substituents is 1. The largest absolute Gasteiger partial charge is 0.507 e. The number of aromatic hydroxyl groups is 1. The predicted molar refractivity (Wildman–Crippen MR) is 127 cm³/mol. The Kier molecular flexibility index (Phi) is 5.43. The van der Waals surface area contributed by atoms with Crippen LogP contribution in [-0.2, 0) is 4.79 Å². The molecule has 164 valence electrons. The number of phenols is 1. The summed E-state index contributed by atoms with van der Waals surface area (Å²) >= 11 is 0. The van der Waals surface area contributed by atoms with Gasteiger partial charge in [-0.2, -0.15) is 0 Å². The molecule has 0 bridgehead atoms. The zero-order chi connectivity index (χ0) is 23.0. The average molecular weight is 431 g/mol. The summed E-state index contributed by atoms with van der Waals surface area (Å²) in [6, 6.07) is 18.5. The predicted octanol–water partition coefficient (Wildman–Crippen LogP) is 6.33. The van der Waals surface area contributed by atoms with E-state index in [9.17, 15) is 9.90 Å². The molecule has 0 aromatic heterocycles. The van der Waals surface area contributed by atoms with Crippen molar-refractivity contribution in [2.75, 3.05) is 14.2 Å². The first-order valence-electron chi connectivity index (χ1n) is 10.4. The topological polar surface area (TPSA) is 65.0 Å². The molecule has 0 aliphatic heterocycles. The summed E-state index contributed by atoms with van der Waals surface area (Å²) < 4.78 is 16.8. The summed E-state index contributed by atoms with van der Waals surface area (Å²) in [7, 11) is 3.20. The lowest BCUT2D eigenvalue weighted by Crippen LogP contribution is -2.25. The van der Waals surface area contributed by atoms with Crippen molar-refractivity contribution in [2.24, 2.45) is 5.41 Å². The fourth-order valence-electron chi connectivity index (χ4n) is 3.68. The Balaban J connectivity index is 2.11. The minimum Gasteiger partial charge on any atom is -0.507 e. The molecule has 32 heavy (non-hydrogen) atoms. The number of methoxy groups -OCH3 is 2. The Hall–Kier alpha value is -3.73. The lowest BCUT2D eigenvalue weighted by atomic mass is 9.91. The van der Waals surface area contributed by atoms with Crippen LogP contribution in [0, 0.1) is 5.41 Å². The SMILES string of the molecule is COc1ccc2ccc(O)c(-c3c(OC(=O)C(C)(C)C)ccc4ccc(OC)cc34)c2c1. The van der Waals surface area contributed by atoms with Crippen LogP contribution in [0.4, 0.5) is 0 Å². The van der Waals surface area contributed by atoms with E-state index in [4.69, 9.17) is 14.2 Å². The molecule has 0 unspecified atom stereocenters. The Morgan fingerprint density at radius 1 is 0.750 bits per heavy atom. The average Bonchev–Trinajstić information content (AvgIpc) is 2.78. The van der Waals surface area contributed by atoms with Gasteiger partial charge in [0.15, 0.2) is 0 Å². The highest BCUT2D eigenvalue weighted by atomic mass is 16.5. The van der Waals surface area contributed by atoms with E-state index in [1.165, 1.54) is 0 Å². The van der Waals surface area contributed by atoms with Crippen LogP contribution >= 0.6 is 0 Å². The van der Waals surface area contributed by atoms with Gasteiger partial charge in [-0.25, -0.2) is 0 Å². The second-order valence-corrected chi connectivity index (χ2v) is 8.71. The van der Waals surface area contributed by atoms with E-state index in [0.29, 0.717) is 28.4 Å². The molecule has 0 amide bonds. The van der Waals surface area contributed by atoms with E-state index < -0.39 is 5.41 Å². The van der Waals surface area contributed by atoms with Crippen molar-refractivity contribution in [1.29, 1.82) is 0 Å². The molecule has 4 aromatic carbocycles. The van der Waals surface area contributed by atoms with Crippen LogP contribution in [0.1, 0.15) is 20.8 Å². The first-order chi connectivity index (χ1) is 15.2. The second-order valence-electron chi connectivity index (χ2n) is 8.71. The number of carbonyl (C=O) groups excluding carboxylic acids is 1. The smallest absolute Gasteiger partial charge is 0.316 e. The monoisotopic (exact) mass is 430 g/mol. The summed E-state index contributed by atoms with van der Waals surface area (Å²) in [5, 5.41) is 14.5. The van der Waals surface area contributed by atoms with E-state index in [0.717, 1.165) is 21.5 Å². The third-order valence-corrected chi connectivity index (χ3v) is 5.46. The van der Waals surface area contributed by atoms with Gasteiger partial charge >= 0.3 is 5.97 Å². The van der Waals surface area contributed by atoms with E-state index in [1.807, 2.05) is 48.5 Å². The van der Waals surface area contributed by atoms with Crippen LogP contribution in [-0.4, -0.2) is 25.3 Å². The zero-order valence-corrected chi connectivity index (χ0v) is 18.9. The summed E-state index contributed by atoms with van der Waals surface area (Å²) in [6.07, 6.45) is 0. The maximum absolute atomic E-state index is 12.8. The van der Waals surface area contributed by atoms with E-state index in [1.54, 1.807) is 47.1 Å². The van der Waals surface area contributed by atoms with Crippen molar-refractivity contribution in [2.45, 2.75) is 20.8 Å². The lowest BCUT2D eigenvalue weighted by molar-refractivity contribution is -0.142. The van der Waals surface area contributed by atoms with Crippen LogP contribution in [0.3, 0.4) is 0 Å². The molecule has 1 N–H and O–H groups in total. The minimum absolute atomic E-state index is 0.0779. The molecule has 0 saturated heterocycles. The maximum Gasteiger partial charge on any atom is 0.316 e. The van der Waals surface area contributed by atoms with Crippen molar-refractivity contribution in [3.8, 4) is 34.1 Å². The van der Waals surface area contributed by atoms with Gasteiger partial charge in [-0.1, -0.05) is 24.3 Å². The fourth-order valence-corrected chi connectivity index (χ4v) is 3.68. The Bertz CT molecular complexity index is 1330. The molecule has 0 aliphatic rings. The highest BCUT2D eigenvalue weighted by Gasteiger charge is 2.26. The van der Waals surface area contributed by atoms with Crippen LogP contribution < -0.4 is 14.2 Å². The van der Waals surface area contributed by atoms with Gasteiger partial charge in [0.2, 0.25) is 0 Å². The molecule has 0 atom stereocenters. The molecule has 0 fully saturated rings. The summed E-state index contributed by atoms with van der Waals surface area (Å²) in [5.74, 6) is 1.41. The molecule has 4 aromatic rings. The zero-order valence-electron chi connectivity index (χ0n) is 18.9. The number of benzene rings is 4. The molecule has 0 saturated carbocycles. The van der Waals surface area contributed by atoms with Crippen molar-refractivity contribution < 1.29 is 24.1 Å².